The topological polar surface area (TPSA) is 57.7 Å². The standard InChI is InChI=1S/C24H34N4O2/c1-27(19-24(29)26-15-10-20-7-3-4-9-23(20)30-2)22-12-17-28(18-13-22)16-11-21-8-5-6-14-25-21/h3-9,14,22H,10-13,15-19H2,1-2H3,(H,26,29). The Morgan fingerprint density at radius 3 is 2.67 bits per heavy atom. The number of piperidine rings is 1. The Kier molecular flexibility index (Phi) is 8.66. The molecule has 1 saturated heterocycles. The highest BCUT2D eigenvalue weighted by molar-refractivity contribution is 5.78. The van der Waals surface area contributed by atoms with Crippen LogP contribution in [-0.2, 0) is 17.6 Å². The van der Waals surface area contributed by atoms with Gasteiger partial charge in [0.25, 0.3) is 0 Å². The fourth-order valence-corrected chi connectivity index (χ4v) is 4.06. The number of hydrogen-bond donors (Lipinski definition) is 1. The molecule has 1 aliphatic heterocycles. The van der Waals surface area contributed by atoms with Gasteiger partial charge >= 0.3 is 0 Å². The zero-order valence-corrected chi connectivity index (χ0v) is 18.2. The van der Waals surface area contributed by atoms with Gasteiger partial charge in [-0.05, 0) is 63.2 Å². The molecule has 30 heavy (non-hydrogen) atoms. The van der Waals surface area contributed by atoms with Crippen molar-refractivity contribution >= 4 is 5.91 Å². The van der Waals surface area contributed by atoms with Crippen molar-refractivity contribution in [3.8, 4) is 5.75 Å². The zero-order chi connectivity index (χ0) is 21.2. The monoisotopic (exact) mass is 410 g/mol. The molecule has 3 rings (SSSR count). The Morgan fingerprint density at radius 2 is 1.93 bits per heavy atom. The molecule has 0 radical (unpaired) electrons. The van der Waals surface area contributed by atoms with E-state index < -0.39 is 0 Å². The van der Waals surface area contributed by atoms with E-state index in [-0.39, 0.29) is 5.91 Å². The minimum absolute atomic E-state index is 0.0879. The predicted octanol–water partition coefficient (Wildman–Crippen LogP) is 2.39. The fourth-order valence-electron chi connectivity index (χ4n) is 4.06. The number of carbonyl (C=O) groups is 1. The zero-order valence-electron chi connectivity index (χ0n) is 18.2. The molecule has 2 heterocycles. The van der Waals surface area contributed by atoms with Gasteiger partial charge in [-0.2, -0.15) is 0 Å². The van der Waals surface area contributed by atoms with Gasteiger partial charge in [-0.25, -0.2) is 0 Å². The van der Waals surface area contributed by atoms with Crippen molar-refractivity contribution in [2.45, 2.75) is 31.7 Å². The van der Waals surface area contributed by atoms with Gasteiger partial charge in [0.05, 0.1) is 13.7 Å². The Balaban J connectivity index is 1.33. The third-order valence-corrected chi connectivity index (χ3v) is 5.89. The molecule has 2 aromatic rings. The highest BCUT2D eigenvalue weighted by Crippen LogP contribution is 2.17. The van der Waals surface area contributed by atoms with Crippen LogP contribution in [-0.4, -0.2) is 73.6 Å². The number of rotatable bonds is 10. The summed E-state index contributed by atoms with van der Waals surface area (Å²) in [5.41, 5.74) is 2.27. The van der Waals surface area contributed by atoms with Crippen LogP contribution >= 0.6 is 0 Å². The number of para-hydroxylation sites is 1. The van der Waals surface area contributed by atoms with Crippen LogP contribution in [0.5, 0.6) is 5.75 Å². The number of nitrogens with one attached hydrogen (secondary N) is 1. The molecule has 1 amide bonds. The van der Waals surface area contributed by atoms with E-state index in [1.807, 2.05) is 42.6 Å². The van der Waals surface area contributed by atoms with Crippen LogP contribution in [0.2, 0.25) is 0 Å². The minimum atomic E-state index is 0.0879. The lowest BCUT2D eigenvalue weighted by Gasteiger charge is -2.36. The quantitative estimate of drug-likeness (QED) is 0.652. The third-order valence-electron chi connectivity index (χ3n) is 5.89. The third kappa shape index (κ3) is 6.82. The number of aromatic nitrogens is 1. The van der Waals surface area contributed by atoms with Gasteiger partial charge in [0.2, 0.25) is 5.91 Å². The molecule has 1 N–H and O–H groups in total. The lowest BCUT2D eigenvalue weighted by molar-refractivity contribution is -0.122. The SMILES string of the molecule is COc1ccccc1CCNC(=O)CN(C)C1CCN(CCc2ccccn2)CC1. The van der Waals surface area contributed by atoms with Gasteiger partial charge in [0.15, 0.2) is 0 Å². The van der Waals surface area contributed by atoms with Crippen LogP contribution in [0, 0.1) is 0 Å². The number of amides is 1. The van der Waals surface area contributed by atoms with Crippen molar-refractivity contribution in [1.82, 2.24) is 20.1 Å². The number of pyridine rings is 1. The summed E-state index contributed by atoms with van der Waals surface area (Å²) in [7, 11) is 3.74. The number of carbonyl (C=O) groups excluding carboxylic acids is 1. The average molecular weight is 411 g/mol. The summed E-state index contributed by atoms with van der Waals surface area (Å²) in [6.45, 7) is 4.29. The van der Waals surface area contributed by atoms with Crippen LogP contribution in [0.4, 0.5) is 0 Å². The number of likely N-dealkylation sites (tertiary alicyclic amines) is 1. The van der Waals surface area contributed by atoms with Gasteiger partial charge in [-0.15, -0.1) is 0 Å². The maximum Gasteiger partial charge on any atom is 0.234 e. The molecule has 1 fully saturated rings. The summed E-state index contributed by atoms with van der Waals surface area (Å²) in [5, 5.41) is 3.05. The Hall–Kier alpha value is -2.44. The van der Waals surface area contributed by atoms with E-state index in [0.29, 0.717) is 19.1 Å². The Morgan fingerprint density at radius 1 is 1.17 bits per heavy atom. The van der Waals surface area contributed by atoms with E-state index in [2.05, 4.69) is 33.2 Å². The summed E-state index contributed by atoms with van der Waals surface area (Å²) in [4.78, 5) is 21.5. The number of likely N-dealkylation sites (N-methyl/N-ethyl adjacent to an activating group) is 1. The van der Waals surface area contributed by atoms with Crippen molar-refractivity contribution in [3.05, 3.63) is 59.9 Å². The van der Waals surface area contributed by atoms with Crippen molar-refractivity contribution < 1.29 is 9.53 Å². The van der Waals surface area contributed by atoms with Crippen LogP contribution in [0.3, 0.4) is 0 Å². The molecular formula is C24H34N4O2. The maximum absolute atomic E-state index is 12.4. The van der Waals surface area contributed by atoms with E-state index in [0.717, 1.165) is 62.3 Å². The number of nitrogens with zero attached hydrogens (tertiary/aromatic N) is 3. The molecular weight excluding hydrogens is 376 g/mol. The first kappa shape index (κ1) is 22.2. The molecule has 1 aromatic heterocycles. The number of methoxy groups -OCH3 is 1. The molecule has 162 valence electrons. The van der Waals surface area contributed by atoms with Gasteiger partial charge < -0.3 is 15.0 Å². The Labute approximate surface area is 180 Å². The average Bonchev–Trinajstić information content (AvgIpc) is 2.79. The first-order valence-corrected chi connectivity index (χ1v) is 10.9. The first-order valence-electron chi connectivity index (χ1n) is 10.9. The second kappa shape index (κ2) is 11.7. The molecule has 1 aromatic carbocycles. The molecule has 6 nitrogen and oxygen atoms in total. The summed E-state index contributed by atoms with van der Waals surface area (Å²) in [6, 6.07) is 14.5. The predicted molar refractivity (Wildman–Crippen MR) is 120 cm³/mol. The highest BCUT2D eigenvalue weighted by atomic mass is 16.5. The van der Waals surface area contributed by atoms with Crippen LogP contribution < -0.4 is 10.1 Å². The normalized spacial score (nSPS) is 15.3. The first-order chi connectivity index (χ1) is 14.7. The van der Waals surface area contributed by atoms with Crippen LogP contribution in [0.1, 0.15) is 24.1 Å². The molecule has 6 heteroatoms. The molecule has 0 atom stereocenters. The molecule has 0 aliphatic carbocycles. The summed E-state index contributed by atoms with van der Waals surface area (Å²) < 4.78 is 5.37. The molecule has 0 unspecified atom stereocenters. The summed E-state index contributed by atoms with van der Waals surface area (Å²) in [6.07, 6.45) is 5.84. The largest absolute Gasteiger partial charge is 0.496 e. The summed E-state index contributed by atoms with van der Waals surface area (Å²) in [5.74, 6) is 0.962. The van der Waals surface area contributed by atoms with Gasteiger partial charge in [-0.3, -0.25) is 14.7 Å². The molecule has 1 aliphatic rings. The number of ether oxygens (including phenoxy) is 1. The molecule has 0 spiro atoms. The maximum atomic E-state index is 12.4. The molecule has 0 saturated carbocycles. The van der Waals surface area contributed by atoms with E-state index in [4.69, 9.17) is 4.74 Å². The molecule has 0 bridgehead atoms. The van der Waals surface area contributed by atoms with E-state index in [1.54, 1.807) is 7.11 Å². The Bertz CT molecular complexity index is 776. The highest BCUT2D eigenvalue weighted by Gasteiger charge is 2.23. The lowest BCUT2D eigenvalue weighted by Crippen LogP contribution is -2.47. The smallest absolute Gasteiger partial charge is 0.234 e. The van der Waals surface area contributed by atoms with Crippen molar-refractivity contribution in [2.24, 2.45) is 0 Å². The van der Waals surface area contributed by atoms with Crippen molar-refractivity contribution in [3.63, 3.8) is 0 Å². The van der Waals surface area contributed by atoms with Gasteiger partial charge in [0.1, 0.15) is 5.75 Å². The van der Waals surface area contributed by atoms with Crippen LogP contribution in [0.15, 0.2) is 48.7 Å². The van der Waals surface area contributed by atoms with Gasteiger partial charge in [0, 0.05) is 37.4 Å². The lowest BCUT2D eigenvalue weighted by atomic mass is 10.0. The second-order valence-corrected chi connectivity index (χ2v) is 7.97. The fraction of sp³-hybridized carbons (Fsp3) is 0.500. The van der Waals surface area contributed by atoms with Gasteiger partial charge in [-0.1, -0.05) is 24.3 Å². The van der Waals surface area contributed by atoms with E-state index in [9.17, 15) is 4.79 Å². The second-order valence-electron chi connectivity index (χ2n) is 7.97. The van der Waals surface area contributed by atoms with Crippen molar-refractivity contribution in [1.29, 1.82) is 0 Å². The number of benzene rings is 1. The minimum Gasteiger partial charge on any atom is -0.496 e. The summed E-state index contributed by atoms with van der Waals surface area (Å²) >= 11 is 0. The van der Waals surface area contributed by atoms with E-state index in [1.165, 1.54) is 0 Å². The van der Waals surface area contributed by atoms with E-state index >= 15 is 0 Å². The van der Waals surface area contributed by atoms with Crippen LogP contribution in [0.25, 0.3) is 0 Å². The number of hydrogen-bond acceptors (Lipinski definition) is 5. The van der Waals surface area contributed by atoms with Crippen molar-refractivity contribution in [2.75, 3.05) is 46.9 Å².